The molecular formula is C21H22N4O4. The summed E-state index contributed by atoms with van der Waals surface area (Å²) in [5.74, 6) is -0.0498. The van der Waals surface area contributed by atoms with Gasteiger partial charge in [0.15, 0.2) is 0 Å². The third-order valence-electron chi connectivity index (χ3n) is 5.22. The fourth-order valence-corrected chi connectivity index (χ4v) is 3.77. The highest BCUT2D eigenvalue weighted by molar-refractivity contribution is 6.21. The molecule has 150 valence electrons. The second kappa shape index (κ2) is 8.38. The van der Waals surface area contributed by atoms with Crippen molar-refractivity contribution in [3.05, 3.63) is 54.0 Å². The summed E-state index contributed by atoms with van der Waals surface area (Å²) in [4.78, 5) is 48.3. The third-order valence-corrected chi connectivity index (χ3v) is 5.22. The molecule has 0 spiro atoms. The number of imide groups is 1. The van der Waals surface area contributed by atoms with Crippen LogP contribution < -0.4 is 4.74 Å². The summed E-state index contributed by atoms with van der Waals surface area (Å²) in [7, 11) is 0. The predicted octanol–water partition coefficient (Wildman–Crippen LogP) is 1.92. The number of carbonyl (C=O) groups is 3. The molecule has 4 rings (SSSR count). The van der Waals surface area contributed by atoms with Gasteiger partial charge in [0.25, 0.3) is 11.8 Å². The highest BCUT2D eigenvalue weighted by Gasteiger charge is 2.34. The Morgan fingerprint density at radius 1 is 1.14 bits per heavy atom. The number of nitrogens with zero attached hydrogens (tertiary/aromatic N) is 4. The average molecular weight is 394 g/mol. The first-order valence-electron chi connectivity index (χ1n) is 9.79. The fourth-order valence-electron chi connectivity index (χ4n) is 3.77. The van der Waals surface area contributed by atoms with Crippen molar-refractivity contribution >= 4 is 17.7 Å². The molecule has 0 aliphatic carbocycles. The number of amides is 3. The van der Waals surface area contributed by atoms with Crippen LogP contribution in [0.1, 0.15) is 46.4 Å². The quantitative estimate of drug-likeness (QED) is 0.695. The fraction of sp³-hybridized carbons (Fsp3) is 0.381. The van der Waals surface area contributed by atoms with Crippen LogP contribution in [0.25, 0.3) is 0 Å². The number of aromatic nitrogens is 2. The van der Waals surface area contributed by atoms with E-state index in [1.165, 1.54) is 11.2 Å². The molecule has 2 aliphatic heterocycles. The second-order valence-electron chi connectivity index (χ2n) is 7.18. The first-order valence-corrected chi connectivity index (χ1v) is 9.79. The van der Waals surface area contributed by atoms with Gasteiger partial charge in [0.05, 0.1) is 17.7 Å². The Bertz CT molecular complexity index is 883. The lowest BCUT2D eigenvalue weighted by Crippen LogP contribution is -2.44. The van der Waals surface area contributed by atoms with Crippen molar-refractivity contribution in [2.75, 3.05) is 19.6 Å². The lowest BCUT2D eigenvalue weighted by atomic mass is 10.1. The molecule has 1 unspecified atom stereocenters. The lowest BCUT2D eigenvalue weighted by Gasteiger charge is -2.32. The molecule has 3 amide bonds. The monoisotopic (exact) mass is 394 g/mol. The van der Waals surface area contributed by atoms with Gasteiger partial charge < -0.3 is 9.64 Å². The number of benzene rings is 1. The van der Waals surface area contributed by atoms with E-state index in [9.17, 15) is 14.4 Å². The predicted molar refractivity (Wildman–Crippen MR) is 103 cm³/mol. The largest absolute Gasteiger partial charge is 0.472 e. The second-order valence-corrected chi connectivity index (χ2v) is 7.18. The molecule has 1 aromatic heterocycles. The Morgan fingerprint density at radius 3 is 2.59 bits per heavy atom. The van der Waals surface area contributed by atoms with E-state index < -0.39 is 0 Å². The minimum absolute atomic E-state index is 0.0117. The zero-order chi connectivity index (χ0) is 20.2. The van der Waals surface area contributed by atoms with Crippen molar-refractivity contribution in [3.63, 3.8) is 0 Å². The van der Waals surface area contributed by atoms with E-state index in [4.69, 9.17) is 4.74 Å². The molecule has 1 saturated heterocycles. The standard InChI is InChI=1S/C21H22N4O4/c26-19(24-11-3-5-15(13-24)29-18-9-10-22-14-23-18)8-4-12-25-20(27)16-6-1-2-7-17(16)21(25)28/h1-2,6-7,9-10,14-15H,3-5,8,11-13H2. The summed E-state index contributed by atoms with van der Waals surface area (Å²) in [5, 5.41) is 0. The van der Waals surface area contributed by atoms with E-state index in [2.05, 4.69) is 9.97 Å². The van der Waals surface area contributed by atoms with Crippen LogP contribution >= 0.6 is 0 Å². The van der Waals surface area contributed by atoms with Crippen LogP contribution in [0.2, 0.25) is 0 Å². The zero-order valence-corrected chi connectivity index (χ0v) is 16.0. The summed E-state index contributed by atoms with van der Waals surface area (Å²) in [6, 6.07) is 8.50. The zero-order valence-electron chi connectivity index (χ0n) is 16.0. The van der Waals surface area contributed by atoms with E-state index in [1.54, 1.807) is 41.4 Å². The molecule has 8 heteroatoms. The molecule has 1 fully saturated rings. The smallest absolute Gasteiger partial charge is 0.261 e. The number of piperidine rings is 1. The van der Waals surface area contributed by atoms with Crippen LogP contribution in [0.15, 0.2) is 42.9 Å². The molecule has 0 radical (unpaired) electrons. The van der Waals surface area contributed by atoms with Gasteiger partial charge in [-0.2, -0.15) is 0 Å². The van der Waals surface area contributed by atoms with Gasteiger partial charge >= 0.3 is 0 Å². The molecule has 29 heavy (non-hydrogen) atoms. The molecule has 3 heterocycles. The van der Waals surface area contributed by atoms with E-state index >= 15 is 0 Å². The summed E-state index contributed by atoms with van der Waals surface area (Å²) in [6.45, 7) is 1.44. The van der Waals surface area contributed by atoms with Crippen LogP contribution in [0.5, 0.6) is 5.88 Å². The average Bonchev–Trinajstić information content (AvgIpc) is 3.00. The van der Waals surface area contributed by atoms with Gasteiger partial charge in [-0.05, 0) is 31.4 Å². The first kappa shape index (κ1) is 19.0. The van der Waals surface area contributed by atoms with Crippen LogP contribution in [0, 0.1) is 0 Å². The van der Waals surface area contributed by atoms with Crippen LogP contribution in [-0.2, 0) is 4.79 Å². The van der Waals surface area contributed by atoms with Crippen molar-refractivity contribution in [1.29, 1.82) is 0 Å². The van der Waals surface area contributed by atoms with Gasteiger partial charge in [-0.3, -0.25) is 19.3 Å². The molecule has 0 N–H and O–H groups in total. The number of rotatable bonds is 6. The van der Waals surface area contributed by atoms with Gasteiger partial charge in [-0.15, -0.1) is 0 Å². The summed E-state index contributed by atoms with van der Waals surface area (Å²) < 4.78 is 5.84. The molecule has 2 aliphatic rings. The van der Waals surface area contributed by atoms with E-state index in [-0.39, 0.29) is 36.8 Å². The molecule has 1 atom stereocenters. The van der Waals surface area contributed by atoms with Gasteiger partial charge in [-0.25, -0.2) is 9.97 Å². The van der Waals surface area contributed by atoms with Crippen LogP contribution in [0.4, 0.5) is 0 Å². The molecule has 1 aromatic carbocycles. The Morgan fingerprint density at radius 2 is 1.90 bits per heavy atom. The van der Waals surface area contributed by atoms with Crippen LogP contribution in [0.3, 0.4) is 0 Å². The maximum Gasteiger partial charge on any atom is 0.261 e. The SMILES string of the molecule is O=C(CCCN1C(=O)c2ccccc2C1=O)N1CCCC(Oc2ccncn2)C1. The maximum absolute atomic E-state index is 12.6. The molecule has 0 saturated carbocycles. The Balaban J connectivity index is 1.27. The number of ether oxygens (including phenoxy) is 1. The summed E-state index contributed by atoms with van der Waals surface area (Å²) in [5.41, 5.74) is 0.870. The molecular weight excluding hydrogens is 372 g/mol. The Labute approximate surface area is 168 Å². The van der Waals surface area contributed by atoms with Crippen molar-refractivity contribution in [2.24, 2.45) is 0 Å². The first-order chi connectivity index (χ1) is 14.1. The number of hydrogen-bond donors (Lipinski definition) is 0. The number of fused-ring (bicyclic) bond motifs is 1. The van der Waals surface area contributed by atoms with Crippen molar-refractivity contribution in [3.8, 4) is 5.88 Å². The molecule has 0 bridgehead atoms. The highest BCUT2D eigenvalue weighted by Crippen LogP contribution is 2.23. The Hall–Kier alpha value is -3.29. The van der Waals surface area contributed by atoms with E-state index in [0.29, 0.717) is 36.5 Å². The van der Waals surface area contributed by atoms with Crippen molar-refractivity contribution < 1.29 is 19.1 Å². The number of likely N-dealkylation sites (tertiary alicyclic amines) is 1. The topological polar surface area (TPSA) is 92.7 Å². The molecule has 8 nitrogen and oxygen atoms in total. The maximum atomic E-state index is 12.6. The number of hydrogen-bond acceptors (Lipinski definition) is 6. The number of carbonyl (C=O) groups excluding carboxylic acids is 3. The lowest BCUT2D eigenvalue weighted by molar-refractivity contribution is -0.134. The van der Waals surface area contributed by atoms with E-state index in [0.717, 1.165) is 12.8 Å². The minimum atomic E-state index is -0.283. The van der Waals surface area contributed by atoms with Gasteiger partial charge in [0.2, 0.25) is 11.8 Å². The summed E-state index contributed by atoms with van der Waals surface area (Å²) >= 11 is 0. The normalized spacial score (nSPS) is 18.7. The molecule has 2 aromatic rings. The van der Waals surface area contributed by atoms with Crippen LogP contribution in [-0.4, -0.2) is 63.2 Å². The van der Waals surface area contributed by atoms with E-state index in [1.807, 2.05) is 0 Å². The minimum Gasteiger partial charge on any atom is -0.472 e. The summed E-state index contributed by atoms with van der Waals surface area (Å²) in [6.07, 6.45) is 5.40. The van der Waals surface area contributed by atoms with Crippen molar-refractivity contribution in [1.82, 2.24) is 19.8 Å². The highest BCUT2D eigenvalue weighted by atomic mass is 16.5. The third kappa shape index (κ3) is 4.11. The van der Waals surface area contributed by atoms with Crippen molar-refractivity contribution in [2.45, 2.75) is 31.8 Å². The van der Waals surface area contributed by atoms with Gasteiger partial charge in [0.1, 0.15) is 12.4 Å². The Kier molecular flexibility index (Phi) is 5.50. The van der Waals surface area contributed by atoms with Gasteiger partial charge in [0, 0.05) is 31.8 Å². The van der Waals surface area contributed by atoms with Gasteiger partial charge in [-0.1, -0.05) is 12.1 Å².